The first-order chi connectivity index (χ1) is 10.0. The molecule has 5 nitrogen and oxygen atoms in total. The van der Waals surface area contributed by atoms with Gasteiger partial charge >= 0.3 is 5.97 Å². The molecule has 1 rings (SSSR count). The fourth-order valence-corrected chi connectivity index (χ4v) is 2.11. The van der Waals surface area contributed by atoms with Gasteiger partial charge < -0.3 is 19.5 Å². The fourth-order valence-electron chi connectivity index (χ4n) is 2.11. The zero-order valence-electron chi connectivity index (χ0n) is 13.4. The zero-order valence-corrected chi connectivity index (χ0v) is 13.4. The second-order valence-electron chi connectivity index (χ2n) is 5.28. The summed E-state index contributed by atoms with van der Waals surface area (Å²) in [5.41, 5.74) is 1.02. The van der Waals surface area contributed by atoms with E-state index in [0.717, 1.165) is 12.0 Å². The Kier molecular flexibility index (Phi) is 7.02. The van der Waals surface area contributed by atoms with Gasteiger partial charge in [0.25, 0.3) is 0 Å². The van der Waals surface area contributed by atoms with Gasteiger partial charge in [-0.25, -0.2) is 0 Å². The third-order valence-corrected chi connectivity index (χ3v) is 3.19. The number of hydrogen-bond donors (Lipinski definition) is 1. The van der Waals surface area contributed by atoms with Gasteiger partial charge in [0.15, 0.2) is 11.5 Å². The third-order valence-electron chi connectivity index (χ3n) is 3.19. The average molecular weight is 295 g/mol. The lowest BCUT2D eigenvalue weighted by Gasteiger charge is -2.18. The predicted octanol–water partition coefficient (Wildman–Crippen LogP) is 2.38. The van der Waals surface area contributed by atoms with E-state index in [1.165, 1.54) is 7.11 Å². The van der Waals surface area contributed by atoms with Crippen LogP contribution in [-0.4, -0.2) is 33.3 Å². The van der Waals surface area contributed by atoms with E-state index in [-0.39, 0.29) is 12.0 Å². The van der Waals surface area contributed by atoms with Crippen LogP contribution in [-0.2, 0) is 16.1 Å². The van der Waals surface area contributed by atoms with Gasteiger partial charge in [0.2, 0.25) is 0 Å². The molecule has 5 heteroatoms. The number of hydrogen-bond acceptors (Lipinski definition) is 5. The van der Waals surface area contributed by atoms with Crippen LogP contribution < -0.4 is 14.8 Å². The topological polar surface area (TPSA) is 56.8 Å². The summed E-state index contributed by atoms with van der Waals surface area (Å²) in [5.74, 6) is 1.54. The molecule has 0 saturated heterocycles. The minimum Gasteiger partial charge on any atom is -0.493 e. The highest BCUT2D eigenvalue weighted by molar-refractivity contribution is 5.75. The van der Waals surface area contributed by atoms with Gasteiger partial charge in [-0.1, -0.05) is 19.9 Å². The van der Waals surface area contributed by atoms with Gasteiger partial charge in [-0.2, -0.15) is 0 Å². The quantitative estimate of drug-likeness (QED) is 0.746. The Balaban J connectivity index is 2.73. The SMILES string of the molecule is COC(=O)[C@@H](CC(C)C)NCc1ccc(OC)c(OC)c1. The standard InChI is InChI=1S/C16H25NO4/c1-11(2)8-13(16(18)21-5)17-10-12-6-7-14(19-3)15(9-12)20-4/h6-7,9,11,13,17H,8,10H2,1-5H3/t13-/m1/s1. The molecule has 0 aliphatic carbocycles. The van der Waals surface area contributed by atoms with Crippen molar-refractivity contribution in [3.8, 4) is 11.5 Å². The number of benzene rings is 1. The van der Waals surface area contributed by atoms with Crippen LogP contribution in [0.4, 0.5) is 0 Å². The summed E-state index contributed by atoms with van der Waals surface area (Å²) >= 11 is 0. The van der Waals surface area contributed by atoms with E-state index in [0.29, 0.717) is 24.0 Å². The van der Waals surface area contributed by atoms with Crippen molar-refractivity contribution in [3.05, 3.63) is 23.8 Å². The van der Waals surface area contributed by atoms with Crippen LogP contribution in [0.1, 0.15) is 25.8 Å². The number of nitrogens with one attached hydrogen (secondary N) is 1. The van der Waals surface area contributed by atoms with Crippen molar-refractivity contribution in [1.82, 2.24) is 5.32 Å². The number of carbonyl (C=O) groups excluding carboxylic acids is 1. The molecule has 0 fully saturated rings. The first-order valence-corrected chi connectivity index (χ1v) is 7.03. The van der Waals surface area contributed by atoms with Crippen LogP contribution in [0.15, 0.2) is 18.2 Å². The molecule has 0 unspecified atom stereocenters. The first kappa shape index (κ1) is 17.3. The lowest BCUT2D eigenvalue weighted by atomic mass is 10.0. The van der Waals surface area contributed by atoms with E-state index >= 15 is 0 Å². The summed E-state index contributed by atoms with van der Waals surface area (Å²) in [6.07, 6.45) is 0.736. The van der Waals surface area contributed by atoms with E-state index in [1.807, 2.05) is 18.2 Å². The number of carbonyl (C=O) groups is 1. The Hall–Kier alpha value is -1.75. The molecule has 0 amide bonds. The molecule has 0 aliphatic rings. The zero-order chi connectivity index (χ0) is 15.8. The molecule has 0 spiro atoms. The molecular weight excluding hydrogens is 270 g/mol. The van der Waals surface area contributed by atoms with E-state index in [1.54, 1.807) is 14.2 Å². The average Bonchev–Trinajstić information content (AvgIpc) is 2.49. The monoisotopic (exact) mass is 295 g/mol. The molecule has 1 aromatic carbocycles. The van der Waals surface area contributed by atoms with E-state index in [4.69, 9.17) is 14.2 Å². The molecule has 0 saturated carbocycles. The smallest absolute Gasteiger partial charge is 0.322 e. The highest BCUT2D eigenvalue weighted by Crippen LogP contribution is 2.27. The molecule has 0 bridgehead atoms. The third kappa shape index (κ3) is 5.27. The number of ether oxygens (including phenoxy) is 3. The second kappa shape index (κ2) is 8.52. The van der Waals surface area contributed by atoms with Gasteiger partial charge in [0.1, 0.15) is 6.04 Å². The van der Waals surface area contributed by atoms with Crippen molar-refractivity contribution in [2.24, 2.45) is 5.92 Å². The molecule has 1 aromatic rings. The van der Waals surface area contributed by atoms with Crippen molar-refractivity contribution in [2.75, 3.05) is 21.3 Å². The van der Waals surface area contributed by atoms with Crippen LogP contribution >= 0.6 is 0 Å². The Morgan fingerprint density at radius 2 is 1.81 bits per heavy atom. The molecule has 1 N–H and O–H groups in total. The summed E-state index contributed by atoms with van der Waals surface area (Å²) in [6.45, 7) is 4.72. The van der Waals surface area contributed by atoms with E-state index in [2.05, 4.69) is 19.2 Å². The van der Waals surface area contributed by atoms with Crippen LogP contribution in [0.3, 0.4) is 0 Å². The minimum atomic E-state index is -0.303. The molecule has 0 aromatic heterocycles. The fraction of sp³-hybridized carbons (Fsp3) is 0.562. The molecule has 0 radical (unpaired) electrons. The van der Waals surface area contributed by atoms with Crippen molar-refractivity contribution >= 4 is 5.97 Å². The summed E-state index contributed by atoms with van der Waals surface area (Å²) in [7, 11) is 4.62. The number of esters is 1. The van der Waals surface area contributed by atoms with Crippen molar-refractivity contribution in [2.45, 2.75) is 32.9 Å². The van der Waals surface area contributed by atoms with Crippen molar-refractivity contribution in [1.29, 1.82) is 0 Å². The molecule has 0 heterocycles. The molecule has 1 atom stereocenters. The molecule has 21 heavy (non-hydrogen) atoms. The largest absolute Gasteiger partial charge is 0.493 e. The maximum atomic E-state index is 11.8. The molecule has 118 valence electrons. The van der Waals surface area contributed by atoms with Gasteiger partial charge in [-0.05, 0) is 30.0 Å². The summed E-state index contributed by atoms with van der Waals surface area (Å²) in [5, 5.41) is 3.24. The van der Waals surface area contributed by atoms with Gasteiger partial charge in [-0.15, -0.1) is 0 Å². The Morgan fingerprint density at radius 3 is 2.33 bits per heavy atom. The van der Waals surface area contributed by atoms with Crippen molar-refractivity contribution < 1.29 is 19.0 Å². The highest BCUT2D eigenvalue weighted by Gasteiger charge is 2.19. The van der Waals surface area contributed by atoms with Crippen LogP contribution in [0.2, 0.25) is 0 Å². The Labute approximate surface area is 126 Å². The lowest BCUT2D eigenvalue weighted by molar-refractivity contribution is -0.143. The van der Waals surface area contributed by atoms with Gasteiger partial charge in [0, 0.05) is 6.54 Å². The van der Waals surface area contributed by atoms with Gasteiger partial charge in [-0.3, -0.25) is 4.79 Å². The first-order valence-electron chi connectivity index (χ1n) is 7.03. The van der Waals surface area contributed by atoms with E-state index in [9.17, 15) is 4.79 Å². The molecule has 0 aliphatic heterocycles. The maximum absolute atomic E-state index is 11.8. The Morgan fingerprint density at radius 1 is 1.14 bits per heavy atom. The summed E-state index contributed by atoms with van der Waals surface area (Å²) in [4.78, 5) is 11.8. The second-order valence-corrected chi connectivity index (χ2v) is 5.28. The highest BCUT2D eigenvalue weighted by atomic mass is 16.5. The minimum absolute atomic E-state index is 0.232. The number of methoxy groups -OCH3 is 3. The molecular formula is C16H25NO4. The number of rotatable bonds is 8. The van der Waals surface area contributed by atoms with E-state index < -0.39 is 0 Å². The van der Waals surface area contributed by atoms with Crippen LogP contribution in [0.25, 0.3) is 0 Å². The van der Waals surface area contributed by atoms with Crippen LogP contribution in [0, 0.1) is 5.92 Å². The lowest BCUT2D eigenvalue weighted by Crippen LogP contribution is -2.38. The predicted molar refractivity (Wildman–Crippen MR) is 81.6 cm³/mol. The normalized spacial score (nSPS) is 12.1. The summed E-state index contributed by atoms with van der Waals surface area (Å²) in [6, 6.07) is 5.39. The van der Waals surface area contributed by atoms with Crippen LogP contribution in [0.5, 0.6) is 11.5 Å². The van der Waals surface area contributed by atoms with Gasteiger partial charge in [0.05, 0.1) is 21.3 Å². The van der Waals surface area contributed by atoms with Crippen molar-refractivity contribution in [3.63, 3.8) is 0 Å². The maximum Gasteiger partial charge on any atom is 0.322 e. The summed E-state index contributed by atoms with van der Waals surface area (Å²) < 4.78 is 15.3. The Bertz CT molecular complexity index is 460.